The maximum absolute atomic E-state index is 11.4. The number of benzene rings is 1. The highest BCUT2D eigenvalue weighted by molar-refractivity contribution is 5.90. The molecule has 18 heavy (non-hydrogen) atoms. The van der Waals surface area contributed by atoms with E-state index in [9.17, 15) is 4.79 Å². The number of esters is 1. The zero-order chi connectivity index (χ0) is 13.1. The Bertz CT molecular complexity index is 569. The van der Waals surface area contributed by atoms with Gasteiger partial charge in [-0.2, -0.15) is 0 Å². The molecule has 94 valence electrons. The Hall–Kier alpha value is -2.07. The summed E-state index contributed by atoms with van der Waals surface area (Å²) in [5.74, 6) is 0.828. The molecule has 1 aromatic heterocycles. The minimum Gasteiger partial charge on any atom is -0.465 e. The number of furan rings is 1. The second kappa shape index (κ2) is 5.06. The monoisotopic (exact) mass is 246 g/mol. The fourth-order valence-electron chi connectivity index (χ4n) is 1.79. The fraction of sp³-hybridized carbons (Fsp3) is 0.214. The van der Waals surface area contributed by atoms with Gasteiger partial charge in [0.15, 0.2) is 0 Å². The van der Waals surface area contributed by atoms with Gasteiger partial charge in [0, 0.05) is 5.56 Å². The van der Waals surface area contributed by atoms with Gasteiger partial charge >= 0.3 is 5.97 Å². The highest BCUT2D eigenvalue weighted by Crippen LogP contribution is 2.26. The molecular formula is C14H14O4. The normalized spacial score (nSPS) is 10.4. The van der Waals surface area contributed by atoms with Crippen LogP contribution in [0, 0.1) is 6.92 Å². The molecular weight excluding hydrogens is 232 g/mol. The minimum absolute atomic E-state index is 0.126. The fourth-order valence-corrected chi connectivity index (χ4v) is 1.79. The quantitative estimate of drug-likeness (QED) is 0.845. The smallest absolute Gasteiger partial charge is 0.337 e. The van der Waals surface area contributed by atoms with Crippen molar-refractivity contribution in [2.75, 3.05) is 7.11 Å². The first-order valence-electron chi connectivity index (χ1n) is 5.54. The van der Waals surface area contributed by atoms with E-state index < -0.39 is 0 Å². The van der Waals surface area contributed by atoms with Crippen molar-refractivity contribution in [3.8, 4) is 11.3 Å². The van der Waals surface area contributed by atoms with E-state index in [0.717, 1.165) is 11.1 Å². The average molecular weight is 246 g/mol. The summed E-state index contributed by atoms with van der Waals surface area (Å²) in [7, 11) is 1.35. The van der Waals surface area contributed by atoms with Gasteiger partial charge in [-0.25, -0.2) is 4.79 Å². The van der Waals surface area contributed by atoms with Crippen LogP contribution in [0.25, 0.3) is 11.3 Å². The number of aliphatic hydroxyl groups is 1. The first-order chi connectivity index (χ1) is 8.65. The van der Waals surface area contributed by atoms with Gasteiger partial charge < -0.3 is 14.3 Å². The van der Waals surface area contributed by atoms with E-state index in [0.29, 0.717) is 17.1 Å². The van der Waals surface area contributed by atoms with Crippen LogP contribution in [0.3, 0.4) is 0 Å². The molecule has 0 atom stereocenters. The van der Waals surface area contributed by atoms with Gasteiger partial charge in [-0.1, -0.05) is 6.07 Å². The van der Waals surface area contributed by atoms with Crippen LogP contribution in [-0.2, 0) is 11.3 Å². The van der Waals surface area contributed by atoms with Crippen LogP contribution in [0.5, 0.6) is 0 Å². The summed E-state index contributed by atoms with van der Waals surface area (Å²) >= 11 is 0. The third-order valence-electron chi connectivity index (χ3n) is 2.73. The molecule has 1 aromatic carbocycles. The lowest BCUT2D eigenvalue weighted by Crippen LogP contribution is -2.01. The number of carbonyl (C=O) groups excluding carboxylic acids is 1. The van der Waals surface area contributed by atoms with Crippen LogP contribution < -0.4 is 0 Å². The summed E-state index contributed by atoms with van der Waals surface area (Å²) < 4.78 is 10.1. The van der Waals surface area contributed by atoms with Gasteiger partial charge in [-0.3, -0.25) is 0 Å². The largest absolute Gasteiger partial charge is 0.465 e. The predicted molar refractivity (Wildman–Crippen MR) is 66.1 cm³/mol. The number of rotatable bonds is 3. The summed E-state index contributed by atoms with van der Waals surface area (Å²) in [5.41, 5.74) is 2.31. The Morgan fingerprint density at radius 2 is 2.11 bits per heavy atom. The molecule has 0 radical (unpaired) electrons. The van der Waals surface area contributed by atoms with Crippen molar-refractivity contribution in [1.29, 1.82) is 0 Å². The van der Waals surface area contributed by atoms with E-state index in [1.165, 1.54) is 7.11 Å². The van der Waals surface area contributed by atoms with Crippen molar-refractivity contribution < 1.29 is 19.1 Å². The van der Waals surface area contributed by atoms with Crippen LogP contribution in [0.2, 0.25) is 0 Å². The second-order valence-corrected chi connectivity index (χ2v) is 3.95. The van der Waals surface area contributed by atoms with E-state index >= 15 is 0 Å². The Labute approximate surface area is 105 Å². The summed E-state index contributed by atoms with van der Waals surface area (Å²) in [6, 6.07) is 8.77. The molecule has 1 N–H and O–H groups in total. The van der Waals surface area contributed by atoms with Gasteiger partial charge in [0.2, 0.25) is 0 Å². The highest BCUT2D eigenvalue weighted by atomic mass is 16.5. The topological polar surface area (TPSA) is 59.7 Å². The van der Waals surface area contributed by atoms with E-state index in [1.54, 1.807) is 24.3 Å². The predicted octanol–water partition coefficient (Wildman–Crippen LogP) is 2.53. The third-order valence-corrected chi connectivity index (χ3v) is 2.73. The molecule has 0 aliphatic heterocycles. The van der Waals surface area contributed by atoms with Crippen molar-refractivity contribution in [3.63, 3.8) is 0 Å². The van der Waals surface area contributed by atoms with E-state index in [1.807, 2.05) is 13.0 Å². The molecule has 0 spiro atoms. The van der Waals surface area contributed by atoms with Crippen molar-refractivity contribution >= 4 is 5.97 Å². The SMILES string of the molecule is COC(=O)c1ccc(-c2ccc(CO)o2)c(C)c1. The van der Waals surface area contributed by atoms with Crippen LogP contribution >= 0.6 is 0 Å². The Morgan fingerprint density at radius 3 is 2.67 bits per heavy atom. The van der Waals surface area contributed by atoms with Crippen molar-refractivity contribution in [3.05, 3.63) is 47.2 Å². The molecule has 0 aliphatic carbocycles. The van der Waals surface area contributed by atoms with Crippen LogP contribution in [0.15, 0.2) is 34.7 Å². The average Bonchev–Trinajstić information content (AvgIpc) is 2.86. The van der Waals surface area contributed by atoms with Crippen LogP contribution in [0.4, 0.5) is 0 Å². The first-order valence-corrected chi connectivity index (χ1v) is 5.54. The molecule has 0 saturated heterocycles. The molecule has 0 bridgehead atoms. The number of aryl methyl sites for hydroxylation is 1. The third kappa shape index (κ3) is 2.28. The van der Waals surface area contributed by atoms with Crippen molar-refractivity contribution in [2.45, 2.75) is 13.5 Å². The van der Waals surface area contributed by atoms with E-state index in [4.69, 9.17) is 9.52 Å². The summed E-state index contributed by atoms with van der Waals surface area (Å²) in [6.07, 6.45) is 0. The molecule has 4 nitrogen and oxygen atoms in total. The van der Waals surface area contributed by atoms with Gasteiger partial charge in [0.05, 0.1) is 12.7 Å². The Morgan fingerprint density at radius 1 is 1.33 bits per heavy atom. The molecule has 0 saturated carbocycles. The zero-order valence-electron chi connectivity index (χ0n) is 10.3. The zero-order valence-corrected chi connectivity index (χ0v) is 10.3. The number of aliphatic hydroxyl groups excluding tert-OH is 1. The maximum Gasteiger partial charge on any atom is 0.337 e. The van der Waals surface area contributed by atoms with Gasteiger partial charge in [-0.05, 0) is 36.8 Å². The number of hydrogen-bond acceptors (Lipinski definition) is 4. The summed E-state index contributed by atoms with van der Waals surface area (Å²) in [5, 5.41) is 8.96. The molecule has 4 heteroatoms. The van der Waals surface area contributed by atoms with Gasteiger partial charge in [0.1, 0.15) is 18.1 Å². The standard InChI is InChI=1S/C14H14O4/c1-9-7-10(14(16)17-2)3-5-12(9)13-6-4-11(8-15)18-13/h3-7,15H,8H2,1-2H3. The molecule has 0 fully saturated rings. The molecule has 0 amide bonds. The molecule has 0 aliphatic rings. The van der Waals surface area contributed by atoms with E-state index in [-0.39, 0.29) is 12.6 Å². The van der Waals surface area contributed by atoms with Crippen LogP contribution in [0.1, 0.15) is 21.7 Å². The lowest BCUT2D eigenvalue weighted by atomic mass is 10.0. The maximum atomic E-state index is 11.4. The first kappa shape index (κ1) is 12.4. The number of ether oxygens (including phenoxy) is 1. The lowest BCUT2D eigenvalue weighted by Gasteiger charge is -2.05. The molecule has 1 heterocycles. The number of carbonyl (C=O) groups is 1. The Balaban J connectivity index is 2.38. The minimum atomic E-state index is -0.361. The second-order valence-electron chi connectivity index (χ2n) is 3.95. The highest BCUT2D eigenvalue weighted by Gasteiger charge is 2.11. The van der Waals surface area contributed by atoms with Gasteiger partial charge in [0.25, 0.3) is 0 Å². The summed E-state index contributed by atoms with van der Waals surface area (Å²) in [4.78, 5) is 11.4. The summed E-state index contributed by atoms with van der Waals surface area (Å²) in [6.45, 7) is 1.77. The van der Waals surface area contributed by atoms with Crippen molar-refractivity contribution in [1.82, 2.24) is 0 Å². The lowest BCUT2D eigenvalue weighted by molar-refractivity contribution is 0.0600. The molecule has 2 aromatic rings. The van der Waals surface area contributed by atoms with Crippen LogP contribution in [-0.4, -0.2) is 18.2 Å². The molecule has 2 rings (SSSR count). The van der Waals surface area contributed by atoms with Gasteiger partial charge in [-0.15, -0.1) is 0 Å². The molecule has 0 unspecified atom stereocenters. The Kier molecular flexibility index (Phi) is 3.48. The number of hydrogen-bond donors (Lipinski definition) is 1. The van der Waals surface area contributed by atoms with E-state index in [2.05, 4.69) is 4.74 Å². The number of methoxy groups -OCH3 is 1. The van der Waals surface area contributed by atoms with Crippen molar-refractivity contribution in [2.24, 2.45) is 0 Å².